The molecule has 0 amide bonds. The lowest BCUT2D eigenvalue weighted by atomic mass is 9.91. The number of halogens is 3. The zero-order valence-corrected chi connectivity index (χ0v) is 8.30. The van der Waals surface area contributed by atoms with Crippen molar-refractivity contribution < 1.29 is 22.7 Å². The Morgan fingerprint density at radius 1 is 1.19 bits per heavy atom. The number of rotatable bonds is 1. The summed E-state index contributed by atoms with van der Waals surface area (Å²) in [5, 5.41) is 0. The van der Waals surface area contributed by atoms with Gasteiger partial charge in [-0.05, 0) is 36.6 Å². The molecule has 2 rings (SSSR count). The molecular weight excluding hydrogens is 221 g/mol. The van der Waals surface area contributed by atoms with Gasteiger partial charge in [0, 0.05) is 12.0 Å². The SMILES string of the molecule is O=C1CCCc2cc(OC(F)(F)F)ccc21. The number of ketones is 1. The molecule has 86 valence electrons. The molecule has 1 aromatic carbocycles. The predicted molar refractivity (Wildman–Crippen MR) is 50.4 cm³/mol. The lowest BCUT2D eigenvalue weighted by molar-refractivity contribution is -0.274. The van der Waals surface area contributed by atoms with Crippen molar-refractivity contribution in [3.8, 4) is 5.75 Å². The standard InChI is InChI=1S/C11H9F3O2/c12-11(13,14)16-8-4-5-9-7(6-8)2-1-3-10(9)15/h4-6H,1-3H2. The normalized spacial score (nSPS) is 15.8. The van der Waals surface area contributed by atoms with E-state index in [1.54, 1.807) is 0 Å². The highest BCUT2D eigenvalue weighted by molar-refractivity contribution is 5.98. The topological polar surface area (TPSA) is 26.3 Å². The van der Waals surface area contributed by atoms with Crippen LogP contribution < -0.4 is 4.74 Å². The van der Waals surface area contributed by atoms with Crippen LogP contribution in [0.1, 0.15) is 28.8 Å². The Hall–Kier alpha value is -1.52. The molecule has 0 aliphatic heterocycles. The maximum atomic E-state index is 12.0. The van der Waals surface area contributed by atoms with E-state index in [1.165, 1.54) is 18.2 Å². The molecule has 16 heavy (non-hydrogen) atoms. The maximum Gasteiger partial charge on any atom is 0.573 e. The van der Waals surface area contributed by atoms with Crippen molar-refractivity contribution in [1.82, 2.24) is 0 Å². The molecule has 0 spiro atoms. The fourth-order valence-corrected chi connectivity index (χ4v) is 1.82. The summed E-state index contributed by atoms with van der Waals surface area (Å²) in [6, 6.07) is 3.87. The largest absolute Gasteiger partial charge is 0.573 e. The fraction of sp³-hybridized carbons (Fsp3) is 0.364. The minimum absolute atomic E-state index is 0.0141. The second kappa shape index (κ2) is 3.81. The second-order valence-corrected chi connectivity index (χ2v) is 3.64. The van der Waals surface area contributed by atoms with Gasteiger partial charge in [0.2, 0.25) is 0 Å². The summed E-state index contributed by atoms with van der Waals surface area (Å²) >= 11 is 0. The van der Waals surface area contributed by atoms with Crippen LogP contribution >= 0.6 is 0 Å². The van der Waals surface area contributed by atoms with Crippen molar-refractivity contribution in [1.29, 1.82) is 0 Å². The van der Waals surface area contributed by atoms with Gasteiger partial charge in [-0.15, -0.1) is 13.2 Å². The molecule has 0 N–H and O–H groups in total. The van der Waals surface area contributed by atoms with Gasteiger partial charge in [-0.3, -0.25) is 4.79 Å². The predicted octanol–water partition coefficient (Wildman–Crippen LogP) is 3.10. The molecule has 1 aliphatic rings. The third kappa shape index (κ3) is 2.35. The van der Waals surface area contributed by atoms with Gasteiger partial charge in [-0.1, -0.05) is 0 Å². The minimum Gasteiger partial charge on any atom is -0.406 e. The van der Waals surface area contributed by atoms with Gasteiger partial charge in [0.25, 0.3) is 0 Å². The third-order valence-corrected chi connectivity index (χ3v) is 2.46. The van der Waals surface area contributed by atoms with Gasteiger partial charge in [0.1, 0.15) is 5.75 Å². The van der Waals surface area contributed by atoms with Crippen molar-refractivity contribution in [2.45, 2.75) is 25.6 Å². The van der Waals surface area contributed by atoms with E-state index < -0.39 is 6.36 Å². The highest BCUT2D eigenvalue weighted by atomic mass is 19.4. The van der Waals surface area contributed by atoms with Crippen molar-refractivity contribution >= 4 is 5.78 Å². The Labute approximate surface area is 90.0 Å². The van der Waals surface area contributed by atoms with Crippen LogP contribution in [0.2, 0.25) is 0 Å². The van der Waals surface area contributed by atoms with Gasteiger partial charge in [-0.2, -0.15) is 0 Å². The molecule has 5 heteroatoms. The van der Waals surface area contributed by atoms with Crippen molar-refractivity contribution in [3.63, 3.8) is 0 Å². The molecular formula is C11H9F3O2. The van der Waals surface area contributed by atoms with Crippen LogP contribution in [0.15, 0.2) is 18.2 Å². The first-order valence-electron chi connectivity index (χ1n) is 4.87. The number of benzene rings is 1. The van der Waals surface area contributed by atoms with Crippen molar-refractivity contribution in [2.24, 2.45) is 0 Å². The number of hydrogen-bond acceptors (Lipinski definition) is 2. The first-order valence-corrected chi connectivity index (χ1v) is 4.87. The van der Waals surface area contributed by atoms with E-state index in [0.29, 0.717) is 30.4 Å². The van der Waals surface area contributed by atoms with Gasteiger partial charge < -0.3 is 4.74 Å². The van der Waals surface area contributed by atoms with Crippen molar-refractivity contribution in [2.75, 3.05) is 0 Å². The molecule has 0 bridgehead atoms. The summed E-state index contributed by atoms with van der Waals surface area (Å²) in [6.45, 7) is 0. The van der Waals surface area contributed by atoms with E-state index >= 15 is 0 Å². The van der Waals surface area contributed by atoms with E-state index in [-0.39, 0.29) is 11.5 Å². The van der Waals surface area contributed by atoms with Gasteiger partial charge in [0.15, 0.2) is 5.78 Å². The van der Waals surface area contributed by atoms with Crippen LogP contribution in [-0.4, -0.2) is 12.1 Å². The molecule has 0 heterocycles. The number of fused-ring (bicyclic) bond motifs is 1. The summed E-state index contributed by atoms with van der Waals surface area (Å²) in [4.78, 5) is 11.4. The zero-order valence-electron chi connectivity index (χ0n) is 8.30. The molecule has 1 aromatic rings. The number of alkyl halides is 3. The van der Waals surface area contributed by atoms with Crippen LogP contribution in [-0.2, 0) is 6.42 Å². The number of aryl methyl sites for hydroxylation is 1. The number of Topliss-reactive ketones (excluding diaryl/α,β-unsaturated/α-hetero) is 1. The minimum atomic E-state index is -4.69. The van der Waals surface area contributed by atoms with Crippen molar-refractivity contribution in [3.05, 3.63) is 29.3 Å². The highest BCUT2D eigenvalue weighted by Gasteiger charge is 2.31. The van der Waals surface area contributed by atoms with E-state index in [0.717, 1.165) is 0 Å². The summed E-state index contributed by atoms with van der Waals surface area (Å²) in [5.41, 5.74) is 1.15. The number of carbonyl (C=O) groups excluding carboxylic acids is 1. The Morgan fingerprint density at radius 2 is 1.94 bits per heavy atom. The zero-order chi connectivity index (χ0) is 11.8. The molecule has 0 unspecified atom stereocenters. The third-order valence-electron chi connectivity index (χ3n) is 2.46. The molecule has 0 saturated heterocycles. The summed E-state index contributed by atoms with van der Waals surface area (Å²) in [6.07, 6.45) is -2.92. The molecule has 0 fully saturated rings. The fourth-order valence-electron chi connectivity index (χ4n) is 1.82. The quantitative estimate of drug-likeness (QED) is 0.740. The van der Waals surface area contributed by atoms with Gasteiger partial charge in [-0.25, -0.2) is 0 Å². The first kappa shape index (κ1) is 11.0. The van der Waals surface area contributed by atoms with Gasteiger partial charge >= 0.3 is 6.36 Å². The number of ether oxygens (including phenoxy) is 1. The lowest BCUT2D eigenvalue weighted by Crippen LogP contribution is -2.18. The average molecular weight is 230 g/mol. The Bertz CT molecular complexity index is 424. The second-order valence-electron chi connectivity index (χ2n) is 3.64. The van der Waals surface area contributed by atoms with Gasteiger partial charge in [0.05, 0.1) is 0 Å². The van der Waals surface area contributed by atoms with Crippen LogP contribution in [0.3, 0.4) is 0 Å². The summed E-state index contributed by atoms with van der Waals surface area (Å²) in [7, 11) is 0. The maximum absolute atomic E-state index is 12.0. The van der Waals surface area contributed by atoms with Crippen LogP contribution in [0.4, 0.5) is 13.2 Å². The Balaban J connectivity index is 2.29. The molecule has 1 aliphatic carbocycles. The number of hydrogen-bond donors (Lipinski definition) is 0. The average Bonchev–Trinajstić information content (AvgIpc) is 2.15. The Kier molecular flexibility index (Phi) is 2.61. The molecule has 0 aromatic heterocycles. The smallest absolute Gasteiger partial charge is 0.406 e. The van der Waals surface area contributed by atoms with E-state index in [9.17, 15) is 18.0 Å². The monoisotopic (exact) mass is 230 g/mol. The van der Waals surface area contributed by atoms with E-state index in [4.69, 9.17) is 0 Å². The summed E-state index contributed by atoms with van der Waals surface area (Å²) < 4.78 is 39.7. The Morgan fingerprint density at radius 3 is 2.62 bits per heavy atom. The number of carbonyl (C=O) groups is 1. The van der Waals surface area contributed by atoms with Crippen LogP contribution in [0.5, 0.6) is 5.75 Å². The molecule has 0 radical (unpaired) electrons. The molecule has 0 atom stereocenters. The van der Waals surface area contributed by atoms with Crippen LogP contribution in [0.25, 0.3) is 0 Å². The summed E-state index contributed by atoms with van der Waals surface area (Å²) in [5.74, 6) is -0.277. The highest BCUT2D eigenvalue weighted by Crippen LogP contribution is 2.28. The van der Waals surface area contributed by atoms with Crippen LogP contribution in [0, 0.1) is 0 Å². The first-order chi connectivity index (χ1) is 7.46. The van der Waals surface area contributed by atoms with E-state index in [2.05, 4.69) is 4.74 Å². The van der Waals surface area contributed by atoms with E-state index in [1.807, 2.05) is 0 Å². The lowest BCUT2D eigenvalue weighted by Gasteiger charge is -2.16. The molecule has 0 saturated carbocycles. The molecule has 2 nitrogen and oxygen atoms in total.